The van der Waals surface area contributed by atoms with E-state index in [0.717, 1.165) is 4.90 Å². The molecule has 0 radical (unpaired) electrons. The van der Waals surface area contributed by atoms with Crippen LogP contribution in [0.2, 0.25) is 0 Å². The lowest BCUT2D eigenvalue weighted by Crippen LogP contribution is -2.54. The number of ether oxygens (including phenoxy) is 2. The number of aromatic hydroxyl groups is 1. The molecule has 2 N–H and O–H groups in total. The van der Waals surface area contributed by atoms with Crippen LogP contribution in [0.4, 0.5) is 16.2 Å². The summed E-state index contributed by atoms with van der Waals surface area (Å²) in [7, 11) is 1.42. The number of hydrogen-bond acceptors (Lipinski definition) is 8. The molecule has 3 aromatic carbocycles. The Balaban J connectivity index is 1.62. The first-order valence-electron chi connectivity index (χ1n) is 10.6. The number of hydrogen-bond donors (Lipinski definition) is 2. The number of nitrogens with one attached hydrogen (secondary N) is 1. The van der Waals surface area contributed by atoms with Gasteiger partial charge in [-0.3, -0.25) is 25.0 Å². The number of imide groups is 2. The molecule has 0 aliphatic carbocycles. The molecule has 12 heteroatoms. The Morgan fingerprint density at radius 2 is 1.84 bits per heavy atom. The maximum absolute atomic E-state index is 13.1. The highest BCUT2D eigenvalue weighted by molar-refractivity contribution is 14.1. The van der Waals surface area contributed by atoms with Gasteiger partial charge in [-0.05, 0) is 76.2 Å². The minimum absolute atomic E-state index is 0.0407. The summed E-state index contributed by atoms with van der Waals surface area (Å²) in [6, 6.07) is 13.7. The van der Waals surface area contributed by atoms with E-state index in [2.05, 4.69) is 5.32 Å². The molecule has 1 saturated heterocycles. The van der Waals surface area contributed by atoms with E-state index in [4.69, 9.17) is 9.47 Å². The van der Waals surface area contributed by atoms with Crippen molar-refractivity contribution in [1.82, 2.24) is 5.32 Å². The topological polar surface area (TPSA) is 148 Å². The van der Waals surface area contributed by atoms with E-state index in [9.17, 15) is 29.6 Å². The van der Waals surface area contributed by atoms with E-state index in [1.54, 1.807) is 24.3 Å². The van der Waals surface area contributed by atoms with Crippen LogP contribution in [0.25, 0.3) is 6.08 Å². The van der Waals surface area contributed by atoms with Crippen LogP contribution in [0.15, 0.2) is 66.2 Å². The van der Waals surface area contributed by atoms with Gasteiger partial charge >= 0.3 is 6.03 Å². The number of anilines is 1. The van der Waals surface area contributed by atoms with Gasteiger partial charge in [0.25, 0.3) is 17.5 Å². The van der Waals surface area contributed by atoms with Crippen molar-refractivity contribution in [3.63, 3.8) is 0 Å². The molecule has 11 nitrogen and oxygen atoms in total. The highest BCUT2D eigenvalue weighted by Gasteiger charge is 2.36. The SMILES string of the molecule is COc1cc(/C=C2\C(=O)NC(=O)N(c3ccc(O)cc3)C2=O)cc(I)c1OCc1cccc([N+](=O)[O-])c1. The molecule has 0 saturated carbocycles. The van der Waals surface area contributed by atoms with Crippen molar-refractivity contribution in [3.05, 3.63) is 91.0 Å². The molecule has 4 amide bonds. The van der Waals surface area contributed by atoms with Gasteiger partial charge in [-0.2, -0.15) is 0 Å². The standard InChI is InChI=1S/C25H18IN3O8/c1-36-21-12-15(11-20(26)22(21)37-13-14-3-2-4-17(9-14)29(34)35)10-19-23(31)27-25(33)28(24(19)32)16-5-7-18(30)8-6-16/h2-12,30H,13H2,1H3,(H,27,31,33)/b19-10+. The number of carbonyl (C=O) groups is 3. The second-order valence-electron chi connectivity index (χ2n) is 7.72. The van der Waals surface area contributed by atoms with Crippen LogP contribution in [-0.2, 0) is 16.2 Å². The van der Waals surface area contributed by atoms with Crippen LogP contribution in [0.1, 0.15) is 11.1 Å². The number of phenolic OH excluding ortho intramolecular Hbond substituents is 1. The Labute approximate surface area is 223 Å². The minimum atomic E-state index is -0.908. The average Bonchev–Trinajstić information content (AvgIpc) is 2.86. The number of amides is 4. The van der Waals surface area contributed by atoms with Crippen molar-refractivity contribution in [2.45, 2.75) is 6.61 Å². The van der Waals surface area contributed by atoms with Crippen LogP contribution in [0, 0.1) is 13.7 Å². The van der Waals surface area contributed by atoms with Crippen LogP contribution in [0.3, 0.4) is 0 Å². The highest BCUT2D eigenvalue weighted by Crippen LogP contribution is 2.36. The number of methoxy groups -OCH3 is 1. The van der Waals surface area contributed by atoms with E-state index in [0.29, 0.717) is 26.2 Å². The molecule has 4 rings (SSSR count). The minimum Gasteiger partial charge on any atom is -0.508 e. The lowest BCUT2D eigenvalue weighted by molar-refractivity contribution is -0.384. The molecule has 1 fully saturated rings. The van der Waals surface area contributed by atoms with E-state index in [-0.39, 0.29) is 29.3 Å². The molecular weight excluding hydrogens is 597 g/mol. The second kappa shape index (κ2) is 10.7. The first-order valence-corrected chi connectivity index (χ1v) is 11.7. The van der Waals surface area contributed by atoms with Gasteiger partial charge in [-0.1, -0.05) is 12.1 Å². The van der Waals surface area contributed by atoms with Crippen molar-refractivity contribution in [2.75, 3.05) is 12.0 Å². The lowest BCUT2D eigenvalue weighted by atomic mass is 10.1. The molecule has 1 aliphatic heterocycles. The summed E-state index contributed by atoms with van der Waals surface area (Å²) >= 11 is 2.00. The number of barbiturate groups is 1. The van der Waals surface area contributed by atoms with Crippen LogP contribution >= 0.6 is 22.6 Å². The number of non-ortho nitro benzene ring substituents is 1. The van der Waals surface area contributed by atoms with E-state index in [1.165, 1.54) is 49.6 Å². The number of urea groups is 1. The quantitative estimate of drug-likeness (QED) is 0.132. The number of nitro groups is 1. The van der Waals surface area contributed by atoms with Gasteiger partial charge in [0, 0.05) is 12.1 Å². The fourth-order valence-electron chi connectivity index (χ4n) is 3.54. The van der Waals surface area contributed by atoms with Crippen LogP contribution in [-0.4, -0.2) is 35.0 Å². The van der Waals surface area contributed by atoms with Crippen LogP contribution < -0.4 is 19.7 Å². The predicted octanol–water partition coefficient (Wildman–Crippen LogP) is 4.16. The first kappa shape index (κ1) is 25.6. The summed E-state index contributed by atoms with van der Waals surface area (Å²) in [5.41, 5.74) is 0.857. The third kappa shape index (κ3) is 5.53. The zero-order valence-corrected chi connectivity index (χ0v) is 21.3. The van der Waals surface area contributed by atoms with E-state index < -0.39 is 22.8 Å². The maximum atomic E-state index is 13.1. The van der Waals surface area contributed by atoms with E-state index in [1.807, 2.05) is 22.6 Å². The lowest BCUT2D eigenvalue weighted by Gasteiger charge is -2.26. The number of nitrogens with zero attached hydrogens (tertiary/aromatic N) is 2. The Hall–Kier alpha value is -4.46. The summed E-state index contributed by atoms with van der Waals surface area (Å²) in [6.07, 6.45) is 1.33. The van der Waals surface area contributed by atoms with Gasteiger partial charge in [0.15, 0.2) is 11.5 Å². The maximum Gasteiger partial charge on any atom is 0.335 e. The zero-order valence-electron chi connectivity index (χ0n) is 19.1. The van der Waals surface area contributed by atoms with Crippen molar-refractivity contribution >= 4 is 57.9 Å². The monoisotopic (exact) mass is 615 g/mol. The molecule has 0 bridgehead atoms. The average molecular weight is 615 g/mol. The fourth-order valence-corrected chi connectivity index (χ4v) is 4.32. The molecule has 188 valence electrons. The summed E-state index contributed by atoms with van der Waals surface area (Å²) in [5.74, 6) is -1.06. The van der Waals surface area contributed by atoms with Crippen molar-refractivity contribution in [3.8, 4) is 17.2 Å². The van der Waals surface area contributed by atoms with Gasteiger partial charge in [0.2, 0.25) is 0 Å². The Morgan fingerprint density at radius 3 is 2.51 bits per heavy atom. The van der Waals surface area contributed by atoms with Gasteiger partial charge in [0.05, 0.1) is 21.3 Å². The molecule has 0 unspecified atom stereocenters. The summed E-state index contributed by atoms with van der Waals surface area (Å²) in [5, 5.41) is 22.6. The number of benzene rings is 3. The fraction of sp³-hybridized carbons (Fsp3) is 0.0800. The molecule has 0 atom stereocenters. The molecule has 3 aromatic rings. The molecule has 0 aromatic heterocycles. The molecule has 1 heterocycles. The smallest absolute Gasteiger partial charge is 0.335 e. The molecular formula is C25H18IN3O8. The number of halogens is 1. The third-order valence-corrected chi connectivity index (χ3v) is 6.08. The molecule has 1 aliphatic rings. The van der Waals surface area contributed by atoms with E-state index >= 15 is 0 Å². The van der Waals surface area contributed by atoms with Gasteiger partial charge in [0.1, 0.15) is 17.9 Å². The van der Waals surface area contributed by atoms with Crippen molar-refractivity contribution < 1.29 is 33.9 Å². The highest BCUT2D eigenvalue weighted by atomic mass is 127. The summed E-state index contributed by atoms with van der Waals surface area (Å²) < 4.78 is 11.9. The Kier molecular flexibility index (Phi) is 7.38. The van der Waals surface area contributed by atoms with Crippen LogP contribution in [0.5, 0.6) is 17.2 Å². The Morgan fingerprint density at radius 1 is 1.11 bits per heavy atom. The Bertz CT molecular complexity index is 1450. The summed E-state index contributed by atoms with van der Waals surface area (Å²) in [6.45, 7) is 0.0407. The van der Waals surface area contributed by atoms with Gasteiger partial charge in [-0.15, -0.1) is 0 Å². The number of carbonyl (C=O) groups excluding carboxylic acids is 3. The number of phenols is 1. The number of rotatable bonds is 7. The van der Waals surface area contributed by atoms with Crippen molar-refractivity contribution in [2.24, 2.45) is 0 Å². The third-order valence-electron chi connectivity index (χ3n) is 5.28. The van der Waals surface area contributed by atoms with Gasteiger partial charge in [-0.25, -0.2) is 9.69 Å². The molecule has 0 spiro atoms. The largest absolute Gasteiger partial charge is 0.508 e. The van der Waals surface area contributed by atoms with Crippen molar-refractivity contribution in [1.29, 1.82) is 0 Å². The second-order valence-corrected chi connectivity index (χ2v) is 8.89. The zero-order chi connectivity index (χ0) is 26.7. The number of nitro benzene ring substituents is 1. The predicted molar refractivity (Wildman–Crippen MR) is 140 cm³/mol. The normalized spacial score (nSPS) is 14.5. The summed E-state index contributed by atoms with van der Waals surface area (Å²) in [4.78, 5) is 49.3. The van der Waals surface area contributed by atoms with Gasteiger partial charge < -0.3 is 14.6 Å². The first-order chi connectivity index (χ1) is 17.7. The molecule has 37 heavy (non-hydrogen) atoms.